The summed E-state index contributed by atoms with van der Waals surface area (Å²) in [6.07, 6.45) is 0. The Morgan fingerprint density at radius 2 is 2.25 bits per heavy atom. The predicted octanol–water partition coefficient (Wildman–Crippen LogP) is 2.17. The highest BCUT2D eigenvalue weighted by atomic mass is 35.5. The number of imide groups is 1. The number of carbonyl (C=O) groups excluding carboxylic acids is 3. The van der Waals surface area contributed by atoms with Gasteiger partial charge in [-0.15, -0.1) is 11.3 Å². The van der Waals surface area contributed by atoms with Crippen LogP contribution in [0.1, 0.15) is 10.5 Å². The fourth-order valence-corrected chi connectivity index (χ4v) is 3.09. The van der Waals surface area contributed by atoms with Gasteiger partial charge >= 0.3 is 12.0 Å². The average molecular weight is 366 g/mol. The lowest BCUT2D eigenvalue weighted by Crippen LogP contribution is -2.37. The van der Waals surface area contributed by atoms with Gasteiger partial charge in [0.25, 0.3) is 5.91 Å². The number of rotatable bonds is 4. The van der Waals surface area contributed by atoms with Gasteiger partial charge in [0, 0.05) is 29.1 Å². The molecule has 1 N–H and O–H groups in total. The van der Waals surface area contributed by atoms with Crippen molar-refractivity contribution in [3.05, 3.63) is 40.4 Å². The number of urea groups is 1. The molecular weight excluding hydrogens is 354 g/mol. The van der Waals surface area contributed by atoms with Gasteiger partial charge in [-0.2, -0.15) is 0 Å². The van der Waals surface area contributed by atoms with Gasteiger partial charge in [-0.05, 0) is 12.1 Å². The van der Waals surface area contributed by atoms with Crippen molar-refractivity contribution in [1.29, 1.82) is 0 Å². The van der Waals surface area contributed by atoms with Crippen LogP contribution in [-0.4, -0.2) is 47.5 Å². The molecule has 7 nitrogen and oxygen atoms in total. The molecule has 0 aliphatic carbocycles. The minimum atomic E-state index is -0.715. The van der Waals surface area contributed by atoms with Gasteiger partial charge in [0.1, 0.15) is 5.01 Å². The molecule has 3 rings (SSSR count). The standard InChI is InChI=1S/C15H12ClN3O4S/c16-10-3-1-2-9(6-10)13-18-11(8-24-13)14(21)23-7-12(20)19-5-4-17-15(19)22/h1-3,6,8H,4-5,7H2,(H,17,22). The molecule has 24 heavy (non-hydrogen) atoms. The number of hydrogen-bond donors (Lipinski definition) is 1. The molecule has 124 valence electrons. The average Bonchev–Trinajstić information content (AvgIpc) is 3.21. The second kappa shape index (κ2) is 6.98. The van der Waals surface area contributed by atoms with Crippen LogP contribution < -0.4 is 5.32 Å². The van der Waals surface area contributed by atoms with Crippen LogP contribution in [0.15, 0.2) is 29.6 Å². The van der Waals surface area contributed by atoms with Crippen LogP contribution in [0.25, 0.3) is 10.6 Å². The van der Waals surface area contributed by atoms with Gasteiger partial charge in [0.2, 0.25) is 0 Å². The Morgan fingerprint density at radius 3 is 2.96 bits per heavy atom. The second-order valence-electron chi connectivity index (χ2n) is 4.90. The van der Waals surface area contributed by atoms with E-state index in [9.17, 15) is 14.4 Å². The van der Waals surface area contributed by atoms with Crippen LogP contribution in [0.4, 0.5) is 4.79 Å². The largest absolute Gasteiger partial charge is 0.451 e. The summed E-state index contributed by atoms with van der Waals surface area (Å²) < 4.78 is 4.93. The van der Waals surface area contributed by atoms with Crippen molar-refractivity contribution in [1.82, 2.24) is 15.2 Å². The number of benzene rings is 1. The molecule has 1 aliphatic rings. The van der Waals surface area contributed by atoms with Crippen LogP contribution in [0.5, 0.6) is 0 Å². The van der Waals surface area contributed by atoms with Crippen molar-refractivity contribution in [2.45, 2.75) is 0 Å². The molecule has 0 radical (unpaired) electrons. The van der Waals surface area contributed by atoms with Crippen LogP contribution in [-0.2, 0) is 9.53 Å². The van der Waals surface area contributed by atoms with E-state index < -0.39 is 24.5 Å². The van der Waals surface area contributed by atoms with E-state index in [1.807, 2.05) is 6.07 Å². The number of thiazole rings is 1. The first-order chi connectivity index (χ1) is 11.5. The maximum absolute atomic E-state index is 12.0. The highest BCUT2D eigenvalue weighted by molar-refractivity contribution is 7.13. The second-order valence-corrected chi connectivity index (χ2v) is 6.20. The summed E-state index contributed by atoms with van der Waals surface area (Å²) in [4.78, 5) is 40.3. The molecule has 9 heteroatoms. The van der Waals surface area contributed by atoms with Gasteiger partial charge in [-0.1, -0.05) is 23.7 Å². The number of hydrogen-bond acceptors (Lipinski definition) is 6. The highest BCUT2D eigenvalue weighted by Gasteiger charge is 2.27. The minimum absolute atomic E-state index is 0.105. The van der Waals surface area contributed by atoms with Crippen LogP contribution in [0.2, 0.25) is 5.02 Å². The Morgan fingerprint density at radius 1 is 1.42 bits per heavy atom. The lowest BCUT2D eigenvalue weighted by atomic mass is 10.2. The first kappa shape index (κ1) is 16.4. The fourth-order valence-electron chi connectivity index (χ4n) is 2.11. The van der Waals surface area contributed by atoms with Crippen LogP contribution in [0.3, 0.4) is 0 Å². The molecule has 0 unspecified atom stereocenters. The van der Waals surface area contributed by atoms with Crippen LogP contribution in [0, 0.1) is 0 Å². The smallest absolute Gasteiger partial charge is 0.358 e. The van der Waals surface area contributed by atoms with Crippen molar-refractivity contribution < 1.29 is 19.1 Å². The third-order valence-corrected chi connectivity index (χ3v) is 4.40. The van der Waals surface area contributed by atoms with E-state index in [0.29, 0.717) is 16.6 Å². The summed E-state index contributed by atoms with van der Waals surface area (Å²) in [7, 11) is 0. The Hall–Kier alpha value is -2.45. The zero-order chi connectivity index (χ0) is 17.1. The number of halogens is 1. The fraction of sp³-hybridized carbons (Fsp3) is 0.200. The third kappa shape index (κ3) is 3.55. The van der Waals surface area contributed by atoms with E-state index in [0.717, 1.165) is 10.5 Å². The quantitative estimate of drug-likeness (QED) is 0.839. The lowest BCUT2D eigenvalue weighted by molar-refractivity contribution is -0.130. The number of nitrogens with one attached hydrogen (secondary N) is 1. The monoisotopic (exact) mass is 365 g/mol. The topological polar surface area (TPSA) is 88.6 Å². The van der Waals surface area contributed by atoms with Crippen molar-refractivity contribution >= 4 is 40.8 Å². The lowest BCUT2D eigenvalue weighted by Gasteiger charge is -2.11. The first-order valence-corrected chi connectivity index (χ1v) is 8.27. The maximum Gasteiger partial charge on any atom is 0.358 e. The number of ether oxygens (including phenoxy) is 1. The van der Waals surface area contributed by atoms with E-state index >= 15 is 0 Å². The van der Waals surface area contributed by atoms with Crippen molar-refractivity contribution in [3.8, 4) is 10.6 Å². The highest BCUT2D eigenvalue weighted by Crippen LogP contribution is 2.26. The third-order valence-electron chi connectivity index (χ3n) is 3.27. The summed E-state index contributed by atoms with van der Waals surface area (Å²) in [6, 6.07) is 6.62. The summed E-state index contributed by atoms with van der Waals surface area (Å²) in [6.45, 7) is 0.161. The van der Waals surface area contributed by atoms with Gasteiger partial charge in [-0.25, -0.2) is 14.6 Å². The minimum Gasteiger partial charge on any atom is -0.451 e. The summed E-state index contributed by atoms with van der Waals surface area (Å²) in [5, 5.41) is 5.24. The summed E-state index contributed by atoms with van der Waals surface area (Å²) >= 11 is 7.20. The zero-order valence-electron chi connectivity index (χ0n) is 12.3. The SMILES string of the molecule is O=C(OCC(=O)N1CCNC1=O)c1csc(-c2cccc(Cl)c2)n1. The van der Waals surface area contributed by atoms with Crippen molar-refractivity contribution in [2.24, 2.45) is 0 Å². The van der Waals surface area contributed by atoms with Gasteiger partial charge < -0.3 is 10.1 Å². The molecule has 1 aromatic carbocycles. The van der Waals surface area contributed by atoms with Gasteiger partial charge in [0.15, 0.2) is 12.3 Å². The molecule has 3 amide bonds. The van der Waals surface area contributed by atoms with Gasteiger partial charge in [-0.3, -0.25) is 9.69 Å². The van der Waals surface area contributed by atoms with E-state index in [-0.39, 0.29) is 12.2 Å². The molecule has 0 saturated carbocycles. The molecular formula is C15H12ClN3O4S. The van der Waals surface area contributed by atoms with Crippen molar-refractivity contribution in [3.63, 3.8) is 0 Å². The summed E-state index contributed by atoms with van der Waals surface area (Å²) in [5.41, 5.74) is 0.894. The Kier molecular flexibility index (Phi) is 4.77. The van der Waals surface area contributed by atoms with Crippen LogP contribution >= 0.6 is 22.9 Å². The maximum atomic E-state index is 12.0. The van der Waals surface area contributed by atoms with E-state index in [4.69, 9.17) is 16.3 Å². The van der Waals surface area contributed by atoms with Crippen molar-refractivity contribution in [2.75, 3.05) is 19.7 Å². The molecule has 0 spiro atoms. The molecule has 0 atom stereocenters. The number of aromatic nitrogens is 1. The first-order valence-electron chi connectivity index (χ1n) is 7.01. The Bertz CT molecular complexity index is 808. The molecule has 1 aliphatic heterocycles. The number of carbonyl (C=O) groups is 3. The predicted molar refractivity (Wildman–Crippen MR) is 88.0 cm³/mol. The molecule has 2 heterocycles. The molecule has 1 saturated heterocycles. The molecule has 1 fully saturated rings. The number of nitrogens with zero attached hydrogens (tertiary/aromatic N) is 2. The van der Waals surface area contributed by atoms with E-state index in [1.54, 1.807) is 23.6 Å². The zero-order valence-corrected chi connectivity index (χ0v) is 13.9. The van der Waals surface area contributed by atoms with E-state index in [2.05, 4.69) is 10.3 Å². The Labute approximate surface area is 146 Å². The molecule has 2 aromatic rings. The Balaban J connectivity index is 1.62. The number of esters is 1. The molecule has 0 bridgehead atoms. The molecule has 1 aromatic heterocycles. The normalized spacial score (nSPS) is 13.7. The summed E-state index contributed by atoms with van der Waals surface area (Å²) in [5.74, 6) is -1.28. The number of amides is 3. The van der Waals surface area contributed by atoms with Gasteiger partial charge in [0.05, 0.1) is 0 Å². The van der Waals surface area contributed by atoms with E-state index in [1.165, 1.54) is 11.3 Å².